The van der Waals surface area contributed by atoms with E-state index in [1.165, 1.54) is 11.3 Å². The largest absolute Gasteiger partial charge is 0.341 e. The van der Waals surface area contributed by atoms with Crippen molar-refractivity contribution in [3.05, 3.63) is 16.4 Å². The highest BCUT2D eigenvalue weighted by atomic mass is 32.1. The molecule has 1 saturated carbocycles. The van der Waals surface area contributed by atoms with Crippen molar-refractivity contribution in [3.8, 4) is 0 Å². The fourth-order valence-electron chi connectivity index (χ4n) is 3.39. The van der Waals surface area contributed by atoms with Gasteiger partial charge >= 0.3 is 12.0 Å². The fraction of sp³-hybridized carbons (Fsp3) is 0.625. The third kappa shape index (κ3) is 3.87. The van der Waals surface area contributed by atoms with Crippen LogP contribution in [0.5, 0.6) is 0 Å². The number of anilines is 2. The molecule has 2 aromatic rings. The van der Waals surface area contributed by atoms with E-state index < -0.39 is 5.92 Å². The lowest BCUT2D eigenvalue weighted by Crippen LogP contribution is -2.30. The fourth-order valence-corrected chi connectivity index (χ4v) is 4.41. The Bertz CT molecular complexity index is 829. The second-order valence-electron chi connectivity index (χ2n) is 6.83. The summed E-state index contributed by atoms with van der Waals surface area (Å²) >= 11 is 1.41. The number of urea groups is 1. The molecule has 0 radical (unpaired) electrons. The average Bonchev–Trinajstić information content (AvgIpc) is 3.27. The van der Waals surface area contributed by atoms with Crippen LogP contribution in [0.3, 0.4) is 0 Å². The van der Waals surface area contributed by atoms with Gasteiger partial charge in [-0.2, -0.15) is 4.98 Å². The minimum Gasteiger partial charge on any atom is -0.341 e. The van der Waals surface area contributed by atoms with Gasteiger partial charge in [-0.1, -0.05) is 16.5 Å². The highest BCUT2D eigenvalue weighted by Gasteiger charge is 2.37. The van der Waals surface area contributed by atoms with Crippen LogP contribution < -0.4 is 15.5 Å². The number of carbonyl (C=O) groups excluding carboxylic acids is 1. The standard InChI is InChI=1S/C16H20F2N6O2S/c1-19-13(25)22-14-20-10-4-7-24(8-11(10)27-14)15-21-12(23-26-15)9-2-5-16(17,18)6-3-9/h9H,2-8H2,1H3,(H2,19,20,22,25). The van der Waals surface area contributed by atoms with Crippen LogP contribution in [0.15, 0.2) is 4.52 Å². The van der Waals surface area contributed by atoms with Gasteiger partial charge < -0.3 is 14.7 Å². The summed E-state index contributed by atoms with van der Waals surface area (Å²) in [4.78, 5) is 23.3. The molecule has 4 rings (SSSR count). The van der Waals surface area contributed by atoms with E-state index in [-0.39, 0.29) is 24.8 Å². The first-order chi connectivity index (χ1) is 12.9. The third-order valence-corrected chi connectivity index (χ3v) is 5.96. The maximum absolute atomic E-state index is 13.3. The van der Waals surface area contributed by atoms with Gasteiger partial charge in [0.15, 0.2) is 11.0 Å². The minimum atomic E-state index is -2.57. The molecule has 2 amide bonds. The number of nitrogens with one attached hydrogen (secondary N) is 2. The molecule has 0 aromatic carbocycles. The van der Waals surface area contributed by atoms with Crippen LogP contribution in [0.2, 0.25) is 0 Å². The number of nitrogens with zero attached hydrogens (tertiary/aromatic N) is 4. The van der Waals surface area contributed by atoms with E-state index >= 15 is 0 Å². The van der Waals surface area contributed by atoms with Crippen LogP contribution in [0, 0.1) is 0 Å². The van der Waals surface area contributed by atoms with Crippen molar-refractivity contribution in [1.29, 1.82) is 0 Å². The van der Waals surface area contributed by atoms with Crippen molar-refractivity contribution < 1.29 is 18.1 Å². The smallest absolute Gasteiger partial charge is 0.324 e. The molecule has 1 aliphatic heterocycles. The molecule has 0 spiro atoms. The molecular weight excluding hydrogens is 378 g/mol. The molecule has 11 heteroatoms. The lowest BCUT2D eigenvalue weighted by Gasteiger charge is -2.26. The number of aromatic nitrogens is 3. The topological polar surface area (TPSA) is 96.2 Å². The zero-order chi connectivity index (χ0) is 19.0. The van der Waals surface area contributed by atoms with Gasteiger partial charge in [0, 0.05) is 43.6 Å². The van der Waals surface area contributed by atoms with E-state index in [1.807, 2.05) is 4.90 Å². The van der Waals surface area contributed by atoms with E-state index in [9.17, 15) is 13.6 Å². The van der Waals surface area contributed by atoms with Gasteiger partial charge in [-0.3, -0.25) is 5.32 Å². The predicted octanol–water partition coefficient (Wildman–Crippen LogP) is 3.13. The van der Waals surface area contributed by atoms with Gasteiger partial charge in [0.1, 0.15) is 0 Å². The Hall–Kier alpha value is -2.30. The Morgan fingerprint density at radius 2 is 2.11 bits per heavy atom. The molecule has 2 aliphatic rings. The number of rotatable bonds is 3. The first kappa shape index (κ1) is 18.1. The van der Waals surface area contributed by atoms with Crippen LogP contribution in [0.1, 0.15) is 48.0 Å². The molecule has 3 heterocycles. The molecule has 1 fully saturated rings. The number of amides is 2. The van der Waals surface area contributed by atoms with Gasteiger partial charge in [-0.05, 0) is 12.8 Å². The highest BCUT2D eigenvalue weighted by Crippen LogP contribution is 2.40. The van der Waals surface area contributed by atoms with Crippen LogP contribution in [0.4, 0.5) is 24.7 Å². The summed E-state index contributed by atoms with van der Waals surface area (Å²) < 4.78 is 32.0. The van der Waals surface area contributed by atoms with E-state index in [0.717, 1.165) is 10.6 Å². The molecule has 27 heavy (non-hydrogen) atoms. The number of alkyl halides is 2. The van der Waals surface area contributed by atoms with Gasteiger partial charge in [0.2, 0.25) is 5.92 Å². The summed E-state index contributed by atoms with van der Waals surface area (Å²) in [6.45, 7) is 1.23. The van der Waals surface area contributed by atoms with Crippen molar-refractivity contribution in [2.75, 3.05) is 23.8 Å². The first-order valence-corrected chi connectivity index (χ1v) is 9.69. The summed E-state index contributed by atoms with van der Waals surface area (Å²) in [5.74, 6) is -2.13. The zero-order valence-corrected chi connectivity index (χ0v) is 15.6. The molecule has 0 bridgehead atoms. The highest BCUT2D eigenvalue weighted by molar-refractivity contribution is 7.15. The van der Waals surface area contributed by atoms with E-state index in [1.54, 1.807) is 7.05 Å². The number of halogens is 2. The molecule has 0 saturated heterocycles. The van der Waals surface area contributed by atoms with Crippen LogP contribution in [-0.4, -0.2) is 40.7 Å². The number of fused-ring (bicyclic) bond motifs is 1. The zero-order valence-electron chi connectivity index (χ0n) is 14.8. The van der Waals surface area contributed by atoms with Crippen molar-refractivity contribution in [3.63, 3.8) is 0 Å². The molecule has 2 aromatic heterocycles. The summed E-state index contributed by atoms with van der Waals surface area (Å²) in [5.41, 5.74) is 0.955. The Kier molecular flexibility index (Phi) is 4.70. The number of hydrogen-bond donors (Lipinski definition) is 2. The predicted molar refractivity (Wildman–Crippen MR) is 95.4 cm³/mol. The van der Waals surface area contributed by atoms with Crippen molar-refractivity contribution in [1.82, 2.24) is 20.4 Å². The Labute approximate surface area is 158 Å². The molecule has 0 unspecified atom stereocenters. The summed E-state index contributed by atoms with van der Waals surface area (Å²) in [6, 6.07) is 0.0970. The Balaban J connectivity index is 1.42. The summed E-state index contributed by atoms with van der Waals surface area (Å²) in [5, 5.41) is 9.75. The Morgan fingerprint density at radius 1 is 1.33 bits per heavy atom. The molecule has 1 aliphatic carbocycles. The number of hydrogen-bond acceptors (Lipinski definition) is 7. The maximum Gasteiger partial charge on any atom is 0.324 e. The van der Waals surface area contributed by atoms with E-state index in [2.05, 4.69) is 25.8 Å². The first-order valence-electron chi connectivity index (χ1n) is 8.87. The molecule has 0 atom stereocenters. The third-order valence-electron chi connectivity index (χ3n) is 4.96. The monoisotopic (exact) mass is 398 g/mol. The second kappa shape index (κ2) is 7.02. The quantitative estimate of drug-likeness (QED) is 0.825. The number of carbonyl (C=O) groups is 1. The van der Waals surface area contributed by atoms with Gasteiger partial charge in [0.25, 0.3) is 0 Å². The van der Waals surface area contributed by atoms with Crippen molar-refractivity contribution in [2.45, 2.75) is 50.5 Å². The summed E-state index contributed by atoms with van der Waals surface area (Å²) in [6.07, 6.45) is 1.20. The molecule has 146 valence electrons. The van der Waals surface area contributed by atoms with Crippen LogP contribution in [0.25, 0.3) is 0 Å². The Morgan fingerprint density at radius 3 is 2.85 bits per heavy atom. The maximum atomic E-state index is 13.3. The van der Waals surface area contributed by atoms with Gasteiger partial charge in [-0.25, -0.2) is 18.6 Å². The molecule has 2 N–H and O–H groups in total. The van der Waals surface area contributed by atoms with E-state index in [0.29, 0.717) is 49.3 Å². The van der Waals surface area contributed by atoms with Crippen molar-refractivity contribution in [2.24, 2.45) is 0 Å². The average molecular weight is 398 g/mol. The lowest BCUT2D eigenvalue weighted by molar-refractivity contribution is -0.0389. The minimum absolute atomic E-state index is 0.0748. The second-order valence-corrected chi connectivity index (χ2v) is 7.91. The molecular formula is C16H20F2N6O2S. The molecule has 8 nitrogen and oxygen atoms in total. The van der Waals surface area contributed by atoms with Crippen LogP contribution >= 0.6 is 11.3 Å². The lowest BCUT2D eigenvalue weighted by atomic mass is 9.86. The normalized spacial score (nSPS) is 19.6. The van der Waals surface area contributed by atoms with Gasteiger partial charge in [-0.15, -0.1) is 0 Å². The summed E-state index contributed by atoms with van der Waals surface area (Å²) in [7, 11) is 1.55. The van der Waals surface area contributed by atoms with Crippen LogP contribution in [-0.2, 0) is 13.0 Å². The van der Waals surface area contributed by atoms with E-state index in [4.69, 9.17) is 4.52 Å². The number of thiazole rings is 1. The SMILES string of the molecule is CNC(=O)Nc1nc2c(s1)CN(c1nc(C3CCC(F)(F)CC3)no1)CC2. The van der Waals surface area contributed by atoms with Gasteiger partial charge in [0.05, 0.1) is 12.2 Å². The van der Waals surface area contributed by atoms with Crippen molar-refractivity contribution >= 4 is 28.5 Å².